The van der Waals surface area contributed by atoms with Crippen LogP contribution in [0.15, 0.2) is 42.6 Å². The van der Waals surface area contributed by atoms with Crippen molar-refractivity contribution in [1.82, 2.24) is 15.3 Å². The number of anilines is 1. The van der Waals surface area contributed by atoms with Crippen molar-refractivity contribution in [2.75, 3.05) is 19.0 Å². The van der Waals surface area contributed by atoms with Crippen LogP contribution >= 0.6 is 0 Å². The molecule has 0 spiro atoms. The van der Waals surface area contributed by atoms with Gasteiger partial charge in [-0.2, -0.15) is 0 Å². The first-order valence-electron chi connectivity index (χ1n) is 9.97. The fourth-order valence-corrected chi connectivity index (χ4v) is 3.35. The molecule has 1 fully saturated rings. The summed E-state index contributed by atoms with van der Waals surface area (Å²) in [6, 6.07) is 12.4. The highest BCUT2D eigenvalue weighted by atomic mass is 16.5. The van der Waals surface area contributed by atoms with Crippen LogP contribution in [-0.2, 0) is 4.74 Å². The molecule has 1 aliphatic rings. The van der Waals surface area contributed by atoms with Gasteiger partial charge in [0.15, 0.2) is 0 Å². The van der Waals surface area contributed by atoms with Crippen LogP contribution in [0.1, 0.15) is 35.7 Å². The summed E-state index contributed by atoms with van der Waals surface area (Å²) < 4.78 is 5.14. The van der Waals surface area contributed by atoms with Gasteiger partial charge in [-0.3, -0.25) is 4.79 Å². The van der Waals surface area contributed by atoms with Crippen LogP contribution in [0, 0.1) is 6.92 Å². The Hall–Kier alpha value is -2.99. The minimum absolute atomic E-state index is 0.00114. The lowest BCUT2D eigenvalue weighted by Gasteiger charge is -2.13. The van der Waals surface area contributed by atoms with Crippen LogP contribution in [0.5, 0.6) is 0 Å². The van der Waals surface area contributed by atoms with Crippen molar-refractivity contribution in [2.24, 2.45) is 0 Å². The third-order valence-corrected chi connectivity index (χ3v) is 5.10. The molecule has 1 saturated carbocycles. The normalized spacial score (nSPS) is 14.6. The minimum Gasteiger partial charge on any atom is -0.383 e. The molecule has 2 aromatic carbocycles. The third kappa shape index (κ3) is 4.54. The molecule has 1 heterocycles. The molecule has 0 radical (unpaired) electrons. The van der Waals surface area contributed by atoms with E-state index in [1.807, 2.05) is 43.5 Å². The van der Waals surface area contributed by atoms with Crippen LogP contribution in [0.2, 0.25) is 0 Å². The van der Waals surface area contributed by atoms with Gasteiger partial charge in [-0.05, 0) is 67.6 Å². The summed E-state index contributed by atoms with van der Waals surface area (Å²) in [4.78, 5) is 21.5. The number of hydrogen-bond donors (Lipinski definition) is 2. The summed E-state index contributed by atoms with van der Waals surface area (Å²) in [5.74, 6) is 0.587. The van der Waals surface area contributed by atoms with Crippen molar-refractivity contribution in [2.45, 2.75) is 38.8 Å². The van der Waals surface area contributed by atoms with Gasteiger partial charge in [-0.1, -0.05) is 12.1 Å². The fraction of sp³-hybridized carbons (Fsp3) is 0.348. The van der Waals surface area contributed by atoms with Gasteiger partial charge in [-0.15, -0.1) is 0 Å². The van der Waals surface area contributed by atoms with Gasteiger partial charge in [-0.25, -0.2) is 9.97 Å². The number of aromatic nitrogens is 2. The van der Waals surface area contributed by atoms with Crippen molar-refractivity contribution >= 4 is 22.8 Å². The number of methoxy groups -OCH3 is 1. The fourth-order valence-electron chi connectivity index (χ4n) is 3.35. The van der Waals surface area contributed by atoms with E-state index in [2.05, 4.69) is 33.6 Å². The Morgan fingerprint density at radius 2 is 2.07 bits per heavy atom. The zero-order chi connectivity index (χ0) is 20.4. The Morgan fingerprint density at radius 3 is 2.83 bits per heavy atom. The van der Waals surface area contributed by atoms with E-state index in [4.69, 9.17) is 4.74 Å². The van der Waals surface area contributed by atoms with Crippen molar-refractivity contribution < 1.29 is 9.53 Å². The molecule has 1 atom stereocenters. The van der Waals surface area contributed by atoms with Gasteiger partial charge in [0.1, 0.15) is 0 Å². The monoisotopic (exact) mass is 390 g/mol. The quantitative estimate of drug-likeness (QED) is 0.639. The maximum Gasteiger partial charge on any atom is 0.251 e. The van der Waals surface area contributed by atoms with Crippen molar-refractivity contribution in [1.29, 1.82) is 0 Å². The smallest absolute Gasteiger partial charge is 0.251 e. The SMILES string of the molecule is COCC(C)Nc1ncc2cc(-c3cc(C(=O)NC4CC4)ccc3C)ccc2n1. The second-order valence-corrected chi connectivity index (χ2v) is 7.75. The van der Waals surface area contributed by atoms with E-state index < -0.39 is 0 Å². The number of nitrogens with one attached hydrogen (secondary N) is 2. The molecule has 3 aromatic rings. The lowest BCUT2D eigenvalue weighted by molar-refractivity contribution is 0.0951. The second-order valence-electron chi connectivity index (χ2n) is 7.75. The Bertz CT molecular complexity index is 1050. The van der Waals surface area contributed by atoms with E-state index in [0.29, 0.717) is 24.2 Å². The Labute approximate surface area is 170 Å². The summed E-state index contributed by atoms with van der Waals surface area (Å²) in [5.41, 5.74) is 4.79. The molecule has 6 nitrogen and oxygen atoms in total. The number of nitrogens with zero attached hydrogens (tertiary/aromatic N) is 2. The predicted molar refractivity (Wildman–Crippen MR) is 115 cm³/mol. The number of hydrogen-bond acceptors (Lipinski definition) is 5. The molecule has 29 heavy (non-hydrogen) atoms. The van der Waals surface area contributed by atoms with Crippen molar-refractivity contribution in [3.8, 4) is 11.1 Å². The zero-order valence-electron chi connectivity index (χ0n) is 17.0. The maximum atomic E-state index is 12.4. The Balaban J connectivity index is 1.61. The largest absolute Gasteiger partial charge is 0.383 e. The molecule has 0 bridgehead atoms. The Kier molecular flexibility index (Phi) is 5.45. The predicted octanol–water partition coefficient (Wildman–Crippen LogP) is 3.94. The molecular weight excluding hydrogens is 364 g/mol. The number of carbonyl (C=O) groups is 1. The van der Waals surface area contributed by atoms with Crippen LogP contribution in [0.3, 0.4) is 0 Å². The van der Waals surface area contributed by atoms with Crippen LogP contribution < -0.4 is 10.6 Å². The highest BCUT2D eigenvalue weighted by Crippen LogP contribution is 2.28. The van der Waals surface area contributed by atoms with Crippen LogP contribution in [0.25, 0.3) is 22.0 Å². The van der Waals surface area contributed by atoms with Gasteiger partial charge in [0.05, 0.1) is 12.1 Å². The number of rotatable bonds is 7. The molecule has 2 N–H and O–H groups in total. The van der Waals surface area contributed by atoms with Crippen molar-refractivity contribution in [3.63, 3.8) is 0 Å². The average Bonchev–Trinajstić information content (AvgIpc) is 3.52. The van der Waals surface area contributed by atoms with Gasteiger partial charge >= 0.3 is 0 Å². The molecule has 1 aliphatic carbocycles. The first kappa shape index (κ1) is 19.3. The third-order valence-electron chi connectivity index (χ3n) is 5.10. The molecule has 150 valence electrons. The average molecular weight is 390 g/mol. The maximum absolute atomic E-state index is 12.4. The molecular formula is C23H26N4O2. The summed E-state index contributed by atoms with van der Waals surface area (Å²) in [7, 11) is 1.67. The van der Waals surface area contributed by atoms with E-state index in [9.17, 15) is 4.79 Å². The number of fused-ring (bicyclic) bond motifs is 1. The summed E-state index contributed by atoms with van der Waals surface area (Å²) in [6.45, 7) is 4.67. The van der Waals surface area contributed by atoms with Crippen LogP contribution in [-0.4, -0.2) is 41.7 Å². The van der Waals surface area contributed by atoms with Gasteiger partial charge in [0.25, 0.3) is 5.91 Å². The van der Waals surface area contributed by atoms with Gasteiger partial charge in [0.2, 0.25) is 5.95 Å². The topological polar surface area (TPSA) is 76.1 Å². The van der Waals surface area contributed by atoms with E-state index in [1.54, 1.807) is 7.11 Å². The number of aryl methyl sites for hydroxylation is 1. The molecule has 0 saturated heterocycles. The van der Waals surface area contributed by atoms with E-state index in [-0.39, 0.29) is 11.9 Å². The molecule has 6 heteroatoms. The zero-order valence-corrected chi connectivity index (χ0v) is 17.0. The van der Waals surface area contributed by atoms with E-state index in [1.165, 1.54) is 0 Å². The molecule has 4 rings (SSSR count). The minimum atomic E-state index is -0.00114. The van der Waals surface area contributed by atoms with E-state index >= 15 is 0 Å². The first-order chi connectivity index (χ1) is 14.0. The standard InChI is InChI=1S/C23H26N4O2/c1-14-4-5-17(22(28)26-19-7-8-19)11-20(14)16-6-9-21-18(10-16)12-24-23(27-21)25-15(2)13-29-3/h4-6,9-12,15,19H,7-8,13H2,1-3H3,(H,26,28)(H,24,25,27). The number of carbonyl (C=O) groups excluding carboxylic acids is 1. The number of amides is 1. The number of ether oxygens (including phenoxy) is 1. The number of benzene rings is 2. The summed E-state index contributed by atoms with van der Waals surface area (Å²) >= 11 is 0. The first-order valence-corrected chi connectivity index (χ1v) is 9.97. The van der Waals surface area contributed by atoms with E-state index in [0.717, 1.165) is 40.4 Å². The Morgan fingerprint density at radius 1 is 1.24 bits per heavy atom. The molecule has 0 aliphatic heterocycles. The molecule has 1 amide bonds. The molecule has 1 unspecified atom stereocenters. The van der Waals surface area contributed by atoms with Gasteiger partial charge < -0.3 is 15.4 Å². The van der Waals surface area contributed by atoms with Crippen LogP contribution in [0.4, 0.5) is 5.95 Å². The second kappa shape index (κ2) is 8.17. The lowest BCUT2D eigenvalue weighted by Crippen LogP contribution is -2.25. The molecule has 1 aromatic heterocycles. The lowest BCUT2D eigenvalue weighted by atomic mass is 9.97. The summed E-state index contributed by atoms with van der Waals surface area (Å²) in [6.07, 6.45) is 3.99. The highest BCUT2D eigenvalue weighted by Gasteiger charge is 2.24. The van der Waals surface area contributed by atoms with Gasteiger partial charge in [0, 0.05) is 36.3 Å². The van der Waals surface area contributed by atoms with Crippen molar-refractivity contribution in [3.05, 3.63) is 53.7 Å². The summed E-state index contributed by atoms with van der Waals surface area (Å²) in [5, 5.41) is 7.25. The highest BCUT2D eigenvalue weighted by molar-refractivity contribution is 5.96.